The third-order valence-electron chi connectivity index (χ3n) is 4.39. The fourth-order valence-corrected chi connectivity index (χ4v) is 2.82. The van der Waals surface area contributed by atoms with E-state index in [0.29, 0.717) is 18.0 Å². The number of nitrogens with one attached hydrogen (secondary N) is 1. The number of nitriles is 1. The van der Waals surface area contributed by atoms with Crippen LogP contribution in [0.1, 0.15) is 18.1 Å². The van der Waals surface area contributed by atoms with E-state index in [9.17, 15) is 14.4 Å². The minimum absolute atomic E-state index is 0.191. The van der Waals surface area contributed by atoms with Crippen LogP contribution in [0, 0.1) is 11.3 Å². The average Bonchev–Trinajstić information content (AvgIpc) is 2.77. The summed E-state index contributed by atoms with van der Waals surface area (Å²) < 4.78 is 7.67. The smallest absolute Gasteiger partial charge is 0.331 e. The number of aromatic nitrogens is 2. The Morgan fingerprint density at radius 1 is 1.10 bits per heavy atom. The number of hydrogen-bond acceptors (Lipinski definition) is 5. The van der Waals surface area contributed by atoms with Crippen LogP contribution in [-0.2, 0) is 24.5 Å². The van der Waals surface area contributed by atoms with Crippen LogP contribution in [0.25, 0.3) is 0 Å². The van der Waals surface area contributed by atoms with Gasteiger partial charge in [0.25, 0.3) is 5.56 Å². The molecule has 30 heavy (non-hydrogen) atoms. The number of hydrogen-bond donors (Lipinski definition) is 1. The number of aryl methyl sites for hydroxylation is 1. The number of nitrogens with zero attached hydrogens (tertiary/aromatic N) is 3. The summed E-state index contributed by atoms with van der Waals surface area (Å²) in [6.07, 6.45) is 1.20. The van der Waals surface area contributed by atoms with Crippen molar-refractivity contribution < 1.29 is 9.53 Å². The van der Waals surface area contributed by atoms with Crippen LogP contribution in [0.5, 0.6) is 5.75 Å². The third-order valence-corrected chi connectivity index (χ3v) is 4.39. The largest absolute Gasteiger partial charge is 0.489 e. The lowest BCUT2D eigenvalue weighted by molar-refractivity contribution is -0.116. The Kier molecular flexibility index (Phi) is 6.45. The van der Waals surface area contributed by atoms with Gasteiger partial charge in [0.1, 0.15) is 30.5 Å². The highest BCUT2D eigenvalue weighted by Crippen LogP contribution is 2.17. The van der Waals surface area contributed by atoms with Gasteiger partial charge in [-0.1, -0.05) is 30.3 Å². The van der Waals surface area contributed by atoms with Crippen molar-refractivity contribution in [1.29, 1.82) is 5.26 Å². The van der Waals surface area contributed by atoms with Gasteiger partial charge >= 0.3 is 5.69 Å². The molecule has 0 aliphatic rings. The monoisotopic (exact) mass is 404 g/mol. The van der Waals surface area contributed by atoms with Gasteiger partial charge in [0.2, 0.25) is 5.91 Å². The molecule has 3 aromatic rings. The SMILES string of the molecule is CCn1cc(C#N)c(=O)n(CC(=O)Nc2ccc(OCc3ccccc3)cc2)c1=O. The Labute approximate surface area is 172 Å². The number of carbonyl (C=O) groups is 1. The van der Waals surface area contributed by atoms with Gasteiger partial charge in [0.15, 0.2) is 0 Å². The molecule has 0 saturated carbocycles. The minimum Gasteiger partial charge on any atom is -0.489 e. The number of ether oxygens (including phenoxy) is 1. The quantitative estimate of drug-likeness (QED) is 0.649. The Morgan fingerprint density at radius 2 is 1.80 bits per heavy atom. The first-order valence-corrected chi connectivity index (χ1v) is 9.33. The normalized spacial score (nSPS) is 10.3. The minimum atomic E-state index is -0.785. The van der Waals surface area contributed by atoms with Gasteiger partial charge in [-0.25, -0.2) is 9.36 Å². The van der Waals surface area contributed by atoms with Crippen molar-refractivity contribution in [3.8, 4) is 11.8 Å². The van der Waals surface area contributed by atoms with Gasteiger partial charge in [0, 0.05) is 18.4 Å². The van der Waals surface area contributed by atoms with Crippen LogP contribution >= 0.6 is 0 Å². The van der Waals surface area contributed by atoms with E-state index in [0.717, 1.165) is 10.1 Å². The maximum atomic E-state index is 12.3. The predicted octanol–water partition coefficient (Wildman–Crippen LogP) is 2.12. The van der Waals surface area contributed by atoms with Crippen LogP contribution < -0.4 is 21.3 Å². The number of rotatable bonds is 7. The highest BCUT2D eigenvalue weighted by molar-refractivity contribution is 5.90. The summed E-state index contributed by atoms with van der Waals surface area (Å²) in [4.78, 5) is 36.9. The van der Waals surface area contributed by atoms with Crippen LogP contribution in [0.4, 0.5) is 5.69 Å². The first-order valence-electron chi connectivity index (χ1n) is 9.33. The summed E-state index contributed by atoms with van der Waals surface area (Å²) >= 11 is 0. The topological polar surface area (TPSA) is 106 Å². The molecular formula is C22H20N4O4. The highest BCUT2D eigenvalue weighted by Gasteiger charge is 2.14. The second kappa shape index (κ2) is 9.39. The lowest BCUT2D eigenvalue weighted by Gasteiger charge is -2.11. The molecule has 152 valence electrons. The fraction of sp³-hybridized carbons (Fsp3) is 0.182. The second-order valence-corrected chi connectivity index (χ2v) is 6.46. The molecule has 8 nitrogen and oxygen atoms in total. The van der Waals surface area contributed by atoms with Gasteiger partial charge in [-0.2, -0.15) is 5.26 Å². The maximum Gasteiger partial charge on any atom is 0.331 e. The molecule has 0 aliphatic carbocycles. The van der Waals surface area contributed by atoms with E-state index in [1.807, 2.05) is 30.3 Å². The van der Waals surface area contributed by atoms with Gasteiger partial charge in [-0.05, 0) is 36.8 Å². The molecule has 0 spiro atoms. The zero-order valence-corrected chi connectivity index (χ0v) is 16.4. The first-order chi connectivity index (χ1) is 14.5. The summed E-state index contributed by atoms with van der Waals surface area (Å²) in [6.45, 7) is 1.92. The van der Waals surface area contributed by atoms with Gasteiger partial charge in [0.05, 0.1) is 0 Å². The molecule has 2 aromatic carbocycles. The van der Waals surface area contributed by atoms with E-state index in [4.69, 9.17) is 10.00 Å². The number of anilines is 1. The second-order valence-electron chi connectivity index (χ2n) is 6.46. The van der Waals surface area contributed by atoms with E-state index >= 15 is 0 Å². The van der Waals surface area contributed by atoms with Gasteiger partial charge in [-0.3, -0.25) is 14.2 Å². The number of amides is 1. The summed E-state index contributed by atoms with van der Waals surface area (Å²) in [7, 11) is 0. The van der Waals surface area contributed by atoms with Crippen molar-refractivity contribution in [2.45, 2.75) is 26.6 Å². The molecular weight excluding hydrogens is 384 g/mol. The van der Waals surface area contributed by atoms with Crippen molar-refractivity contribution >= 4 is 11.6 Å². The Morgan fingerprint density at radius 3 is 2.43 bits per heavy atom. The summed E-state index contributed by atoms with van der Waals surface area (Å²) in [5.41, 5.74) is -0.0810. The highest BCUT2D eigenvalue weighted by atomic mass is 16.5. The Bertz CT molecular complexity index is 1190. The van der Waals surface area contributed by atoms with E-state index in [1.165, 1.54) is 10.8 Å². The molecule has 0 atom stereocenters. The molecule has 0 radical (unpaired) electrons. The lowest BCUT2D eigenvalue weighted by Crippen LogP contribution is -2.43. The zero-order valence-electron chi connectivity index (χ0n) is 16.4. The van der Waals surface area contributed by atoms with Crippen molar-refractivity contribution in [3.05, 3.63) is 92.8 Å². The number of carbonyl (C=O) groups excluding carboxylic acids is 1. The predicted molar refractivity (Wildman–Crippen MR) is 111 cm³/mol. The number of benzene rings is 2. The maximum absolute atomic E-state index is 12.3. The lowest BCUT2D eigenvalue weighted by atomic mass is 10.2. The summed E-state index contributed by atoms with van der Waals surface area (Å²) in [5.74, 6) is 0.0884. The van der Waals surface area contributed by atoms with E-state index in [2.05, 4.69) is 5.32 Å². The van der Waals surface area contributed by atoms with E-state index < -0.39 is 23.7 Å². The van der Waals surface area contributed by atoms with Crippen LogP contribution in [0.15, 0.2) is 70.4 Å². The average molecular weight is 404 g/mol. The van der Waals surface area contributed by atoms with Gasteiger partial charge in [-0.15, -0.1) is 0 Å². The zero-order chi connectivity index (χ0) is 21.5. The Balaban J connectivity index is 1.66. The molecule has 0 bridgehead atoms. The van der Waals surface area contributed by atoms with Crippen molar-refractivity contribution in [1.82, 2.24) is 9.13 Å². The van der Waals surface area contributed by atoms with Crippen molar-refractivity contribution in [2.75, 3.05) is 5.32 Å². The molecule has 0 saturated heterocycles. The molecule has 0 aliphatic heterocycles. The fourth-order valence-electron chi connectivity index (χ4n) is 2.82. The van der Waals surface area contributed by atoms with Crippen LogP contribution in [0.3, 0.4) is 0 Å². The molecule has 0 fully saturated rings. The molecule has 0 unspecified atom stereocenters. The summed E-state index contributed by atoms with van der Waals surface area (Å²) in [6, 6.07) is 18.2. The third kappa shape index (κ3) is 4.83. The van der Waals surface area contributed by atoms with Crippen LogP contribution in [0.2, 0.25) is 0 Å². The van der Waals surface area contributed by atoms with Crippen LogP contribution in [-0.4, -0.2) is 15.0 Å². The van der Waals surface area contributed by atoms with E-state index in [-0.39, 0.29) is 12.1 Å². The molecule has 1 N–H and O–H groups in total. The first kappa shape index (κ1) is 20.6. The molecule has 8 heteroatoms. The standard InChI is InChI=1S/C22H20N4O4/c1-2-25-13-17(12-23)21(28)26(22(25)29)14-20(27)24-18-8-10-19(11-9-18)30-15-16-6-4-3-5-7-16/h3-11,13H,2,14-15H2,1H3,(H,24,27). The Hall–Kier alpha value is -4.12. The van der Waals surface area contributed by atoms with Crippen molar-refractivity contribution in [3.63, 3.8) is 0 Å². The van der Waals surface area contributed by atoms with E-state index in [1.54, 1.807) is 37.3 Å². The molecule has 3 rings (SSSR count). The van der Waals surface area contributed by atoms with Gasteiger partial charge < -0.3 is 10.1 Å². The molecule has 1 heterocycles. The van der Waals surface area contributed by atoms with Crippen molar-refractivity contribution in [2.24, 2.45) is 0 Å². The molecule has 1 aromatic heterocycles. The molecule has 1 amide bonds. The summed E-state index contributed by atoms with van der Waals surface area (Å²) in [5, 5.41) is 11.7.